The van der Waals surface area contributed by atoms with Crippen molar-refractivity contribution in [2.75, 3.05) is 6.54 Å². The van der Waals surface area contributed by atoms with E-state index in [1.54, 1.807) is 0 Å². The maximum atomic E-state index is 11.3. The number of hydrogen-bond acceptors (Lipinski definition) is 3. The first-order valence-electron chi connectivity index (χ1n) is 6.64. The van der Waals surface area contributed by atoms with Gasteiger partial charge in [0.25, 0.3) is 0 Å². The molecule has 0 amide bonds. The molecule has 0 aliphatic carbocycles. The molecule has 2 unspecified atom stereocenters. The molecule has 0 radical (unpaired) electrons. The van der Waals surface area contributed by atoms with Gasteiger partial charge in [-0.3, -0.25) is 10.1 Å². The van der Waals surface area contributed by atoms with Crippen molar-refractivity contribution in [3.05, 3.63) is 46.0 Å². The molecule has 19 heavy (non-hydrogen) atoms. The van der Waals surface area contributed by atoms with Crippen LogP contribution in [0.3, 0.4) is 0 Å². The minimum absolute atomic E-state index is 0.131. The number of nitro groups is 1. The van der Waals surface area contributed by atoms with Gasteiger partial charge in [0.05, 0.1) is 0 Å². The summed E-state index contributed by atoms with van der Waals surface area (Å²) >= 11 is 0. The number of carbonyl (C=O) groups excluding carboxylic acids is 1. The van der Waals surface area contributed by atoms with Crippen LogP contribution in [0.5, 0.6) is 0 Å². The zero-order chi connectivity index (χ0) is 14.3. The monoisotopic (exact) mass is 263 g/mol. The molecular formula is C15H21NO3. The molecule has 104 valence electrons. The summed E-state index contributed by atoms with van der Waals surface area (Å²) in [6, 6.07) is 9.66. The fourth-order valence-corrected chi connectivity index (χ4v) is 2.39. The molecule has 0 heterocycles. The second-order valence-corrected chi connectivity index (χ2v) is 5.39. The largest absolute Gasteiger partial charge is 0.303 e. The highest BCUT2D eigenvalue weighted by Gasteiger charge is 2.26. The molecule has 0 spiro atoms. The van der Waals surface area contributed by atoms with E-state index in [0.29, 0.717) is 18.8 Å². The Morgan fingerprint density at radius 2 is 1.89 bits per heavy atom. The Kier molecular flexibility index (Phi) is 6.19. The molecule has 0 aliphatic heterocycles. The molecule has 0 aromatic heterocycles. The maximum absolute atomic E-state index is 11.3. The molecule has 0 aliphatic rings. The second-order valence-electron chi connectivity index (χ2n) is 5.39. The zero-order valence-corrected chi connectivity index (χ0v) is 11.5. The first-order chi connectivity index (χ1) is 9.02. The molecular weight excluding hydrogens is 242 g/mol. The topological polar surface area (TPSA) is 60.2 Å². The number of carbonyl (C=O) groups is 1. The third kappa shape index (κ3) is 5.64. The first-order valence-corrected chi connectivity index (χ1v) is 6.64. The average molecular weight is 263 g/mol. The molecule has 0 fully saturated rings. The molecule has 1 aromatic carbocycles. The lowest BCUT2D eigenvalue weighted by Crippen LogP contribution is -2.27. The third-order valence-corrected chi connectivity index (χ3v) is 3.25. The highest BCUT2D eigenvalue weighted by atomic mass is 16.6. The minimum atomic E-state index is -0.311. The van der Waals surface area contributed by atoms with Crippen LogP contribution in [0.25, 0.3) is 0 Å². The Morgan fingerprint density at radius 1 is 1.26 bits per heavy atom. The van der Waals surface area contributed by atoms with Gasteiger partial charge in [-0.05, 0) is 24.3 Å². The average Bonchev–Trinajstić information content (AvgIpc) is 2.35. The Balaban J connectivity index is 2.77. The van der Waals surface area contributed by atoms with Gasteiger partial charge in [-0.1, -0.05) is 44.2 Å². The summed E-state index contributed by atoms with van der Waals surface area (Å²) in [5, 5.41) is 10.8. The summed E-state index contributed by atoms with van der Waals surface area (Å²) in [7, 11) is 0. The quantitative estimate of drug-likeness (QED) is 0.411. The summed E-state index contributed by atoms with van der Waals surface area (Å²) in [4.78, 5) is 21.7. The highest BCUT2D eigenvalue weighted by Crippen LogP contribution is 2.23. The third-order valence-electron chi connectivity index (χ3n) is 3.25. The number of nitrogens with zero attached hydrogens (tertiary/aromatic N) is 1. The summed E-state index contributed by atoms with van der Waals surface area (Å²) in [5.74, 6) is -0.119. The van der Waals surface area contributed by atoms with Crippen molar-refractivity contribution in [2.45, 2.75) is 26.7 Å². The van der Waals surface area contributed by atoms with Crippen molar-refractivity contribution in [2.24, 2.45) is 17.8 Å². The van der Waals surface area contributed by atoms with Crippen LogP contribution in [0.1, 0.15) is 25.8 Å². The van der Waals surface area contributed by atoms with E-state index >= 15 is 0 Å². The number of benzene rings is 1. The van der Waals surface area contributed by atoms with Gasteiger partial charge in [-0.25, -0.2) is 0 Å². The van der Waals surface area contributed by atoms with Crippen molar-refractivity contribution in [3.63, 3.8) is 0 Å². The fourth-order valence-electron chi connectivity index (χ4n) is 2.39. The van der Waals surface area contributed by atoms with E-state index in [2.05, 4.69) is 0 Å². The van der Waals surface area contributed by atoms with Gasteiger partial charge >= 0.3 is 0 Å². The molecule has 4 nitrogen and oxygen atoms in total. The summed E-state index contributed by atoms with van der Waals surface area (Å²) in [6.45, 7) is 3.92. The molecule has 0 N–H and O–H groups in total. The van der Waals surface area contributed by atoms with Gasteiger partial charge in [0.2, 0.25) is 6.54 Å². The number of rotatable bonds is 8. The van der Waals surface area contributed by atoms with Crippen LogP contribution in [0.15, 0.2) is 30.3 Å². The Bertz CT molecular complexity index is 403. The number of hydrogen-bond donors (Lipinski definition) is 0. The molecule has 1 rings (SSSR count). The summed E-state index contributed by atoms with van der Waals surface area (Å²) < 4.78 is 0. The van der Waals surface area contributed by atoms with Crippen LogP contribution < -0.4 is 0 Å². The van der Waals surface area contributed by atoms with E-state index < -0.39 is 0 Å². The van der Waals surface area contributed by atoms with Gasteiger partial charge < -0.3 is 4.79 Å². The van der Waals surface area contributed by atoms with Crippen LogP contribution in [-0.2, 0) is 11.2 Å². The van der Waals surface area contributed by atoms with Crippen LogP contribution in [0.4, 0.5) is 0 Å². The predicted molar refractivity (Wildman–Crippen MR) is 74.5 cm³/mol. The van der Waals surface area contributed by atoms with Crippen molar-refractivity contribution < 1.29 is 9.72 Å². The molecule has 0 bridgehead atoms. The van der Waals surface area contributed by atoms with Crippen molar-refractivity contribution >= 4 is 6.29 Å². The van der Waals surface area contributed by atoms with Crippen molar-refractivity contribution in [1.29, 1.82) is 0 Å². The van der Waals surface area contributed by atoms with Gasteiger partial charge in [0.15, 0.2) is 0 Å². The van der Waals surface area contributed by atoms with E-state index in [-0.39, 0.29) is 23.3 Å². The lowest BCUT2D eigenvalue weighted by atomic mass is 9.82. The first kappa shape index (κ1) is 15.3. The van der Waals surface area contributed by atoms with E-state index in [0.717, 1.165) is 11.8 Å². The molecule has 2 atom stereocenters. The molecule has 4 heteroatoms. The van der Waals surface area contributed by atoms with Gasteiger partial charge in [0.1, 0.15) is 6.29 Å². The van der Waals surface area contributed by atoms with Crippen LogP contribution in [-0.4, -0.2) is 17.8 Å². The highest BCUT2D eigenvalue weighted by molar-refractivity contribution is 5.55. The lowest BCUT2D eigenvalue weighted by Gasteiger charge is -2.21. The van der Waals surface area contributed by atoms with Crippen molar-refractivity contribution in [3.8, 4) is 0 Å². The van der Waals surface area contributed by atoms with Gasteiger partial charge in [0, 0.05) is 16.8 Å². The van der Waals surface area contributed by atoms with E-state index in [4.69, 9.17) is 0 Å². The van der Waals surface area contributed by atoms with Crippen LogP contribution in [0, 0.1) is 27.9 Å². The van der Waals surface area contributed by atoms with Crippen molar-refractivity contribution in [1.82, 2.24) is 0 Å². The standard InChI is InChI=1S/C15H21NO3/c1-12(2)8-14(10-16(18)19)15(11-17)9-13-6-4-3-5-7-13/h3-7,11-12,14-15H,8-10H2,1-2H3. The Labute approximate surface area is 114 Å². The maximum Gasteiger partial charge on any atom is 0.207 e. The van der Waals surface area contributed by atoms with E-state index in [1.165, 1.54) is 0 Å². The Morgan fingerprint density at radius 3 is 2.37 bits per heavy atom. The number of aldehydes is 1. The minimum Gasteiger partial charge on any atom is -0.303 e. The second kappa shape index (κ2) is 7.67. The SMILES string of the molecule is CC(C)CC(C[N+](=O)[O-])C(C=O)Cc1ccccc1. The zero-order valence-electron chi connectivity index (χ0n) is 11.5. The molecule has 0 saturated heterocycles. The van der Waals surface area contributed by atoms with Gasteiger partial charge in [-0.2, -0.15) is 0 Å². The van der Waals surface area contributed by atoms with Crippen LogP contribution in [0.2, 0.25) is 0 Å². The van der Waals surface area contributed by atoms with E-state index in [9.17, 15) is 14.9 Å². The lowest BCUT2D eigenvalue weighted by molar-refractivity contribution is -0.489. The van der Waals surface area contributed by atoms with E-state index in [1.807, 2.05) is 44.2 Å². The summed E-state index contributed by atoms with van der Waals surface area (Å²) in [5.41, 5.74) is 1.05. The smallest absolute Gasteiger partial charge is 0.207 e. The van der Waals surface area contributed by atoms with Crippen LogP contribution >= 0.6 is 0 Å². The fraction of sp³-hybridized carbons (Fsp3) is 0.533. The Hall–Kier alpha value is -1.71. The molecule has 0 saturated carbocycles. The van der Waals surface area contributed by atoms with Gasteiger partial charge in [-0.15, -0.1) is 0 Å². The predicted octanol–water partition coefficient (Wildman–Crippen LogP) is 2.98. The summed E-state index contributed by atoms with van der Waals surface area (Å²) in [6.07, 6.45) is 2.16. The normalized spacial score (nSPS) is 14.1. The molecule has 1 aromatic rings.